The van der Waals surface area contributed by atoms with Gasteiger partial charge in [-0.25, -0.2) is 4.79 Å². The van der Waals surface area contributed by atoms with Crippen molar-refractivity contribution in [1.29, 1.82) is 0 Å². The first kappa shape index (κ1) is 14.7. The quantitative estimate of drug-likeness (QED) is 0.888. The van der Waals surface area contributed by atoms with E-state index in [0.29, 0.717) is 23.8 Å². The third-order valence-electron chi connectivity index (χ3n) is 3.31. The van der Waals surface area contributed by atoms with Gasteiger partial charge >= 0.3 is 5.97 Å². The van der Waals surface area contributed by atoms with Crippen LogP contribution in [0.25, 0.3) is 0 Å². The Labute approximate surface area is 108 Å². The van der Waals surface area contributed by atoms with Gasteiger partial charge in [-0.1, -0.05) is 46.7 Å². The normalized spacial score (nSPS) is 13.9. The molecule has 1 atom stereocenters. The molecule has 18 heavy (non-hydrogen) atoms. The number of rotatable bonds is 4. The number of hydrogen-bond acceptors (Lipinski definition) is 3. The van der Waals surface area contributed by atoms with Gasteiger partial charge in [-0.3, -0.25) is 0 Å². The predicted molar refractivity (Wildman–Crippen MR) is 69.9 cm³/mol. The van der Waals surface area contributed by atoms with E-state index in [4.69, 9.17) is 4.52 Å². The largest absolute Gasteiger partial charge is 0.477 e. The lowest BCUT2D eigenvalue weighted by Gasteiger charge is -2.25. The minimum atomic E-state index is -0.946. The molecule has 1 heterocycles. The van der Waals surface area contributed by atoms with Gasteiger partial charge in [-0.05, 0) is 11.3 Å². The fourth-order valence-corrected chi connectivity index (χ4v) is 1.78. The lowest BCUT2D eigenvalue weighted by molar-refractivity contribution is 0.0692. The van der Waals surface area contributed by atoms with Gasteiger partial charge in [0.25, 0.3) is 0 Å². The molecular formula is C14H23NO3. The topological polar surface area (TPSA) is 63.3 Å². The summed E-state index contributed by atoms with van der Waals surface area (Å²) in [6.45, 7) is 12.3. The highest BCUT2D eigenvalue weighted by Gasteiger charge is 2.32. The first-order chi connectivity index (χ1) is 8.14. The van der Waals surface area contributed by atoms with E-state index >= 15 is 0 Å². The molecule has 1 unspecified atom stereocenters. The van der Waals surface area contributed by atoms with Crippen molar-refractivity contribution in [2.24, 2.45) is 11.3 Å². The molecule has 4 nitrogen and oxygen atoms in total. The summed E-state index contributed by atoms with van der Waals surface area (Å²) in [7, 11) is 0. The molecule has 0 amide bonds. The Morgan fingerprint density at radius 3 is 2.28 bits per heavy atom. The van der Waals surface area contributed by atoms with Crippen LogP contribution < -0.4 is 0 Å². The van der Waals surface area contributed by atoms with Crippen LogP contribution in [0.4, 0.5) is 0 Å². The van der Waals surface area contributed by atoms with Gasteiger partial charge < -0.3 is 9.63 Å². The molecule has 102 valence electrons. The van der Waals surface area contributed by atoms with E-state index in [1.165, 1.54) is 0 Å². The van der Waals surface area contributed by atoms with Crippen LogP contribution in [-0.4, -0.2) is 16.2 Å². The van der Waals surface area contributed by atoms with Crippen molar-refractivity contribution in [2.45, 2.75) is 53.9 Å². The maximum absolute atomic E-state index is 11.4. The van der Waals surface area contributed by atoms with Crippen LogP contribution in [0.1, 0.15) is 69.3 Å². The number of nitrogens with zero attached hydrogens (tertiary/aromatic N) is 1. The molecule has 0 aromatic carbocycles. The number of aromatic carboxylic acids is 1. The van der Waals surface area contributed by atoms with Gasteiger partial charge in [0.1, 0.15) is 11.3 Å². The predicted octanol–water partition coefficient (Wildman–Crippen LogP) is 3.72. The highest BCUT2D eigenvalue weighted by molar-refractivity contribution is 5.90. The molecule has 1 rings (SSSR count). The molecule has 1 aromatic heterocycles. The van der Waals surface area contributed by atoms with Crippen LogP contribution in [0, 0.1) is 11.3 Å². The van der Waals surface area contributed by atoms with Crippen molar-refractivity contribution < 1.29 is 14.4 Å². The Hall–Kier alpha value is -1.32. The van der Waals surface area contributed by atoms with Gasteiger partial charge in [-0.15, -0.1) is 0 Å². The Morgan fingerprint density at radius 1 is 1.33 bits per heavy atom. The molecule has 0 radical (unpaired) electrons. The smallest absolute Gasteiger partial charge is 0.341 e. The molecule has 0 spiro atoms. The highest BCUT2D eigenvalue weighted by atomic mass is 16.5. The minimum absolute atomic E-state index is 0.0354. The minimum Gasteiger partial charge on any atom is -0.477 e. The SMILES string of the molecule is CC(C)Cc1onc(C(C)C(C)(C)C)c1C(=O)O. The molecule has 4 heteroatoms. The number of hydrogen-bond donors (Lipinski definition) is 1. The number of carboxylic acid groups (broad SMARTS) is 1. The van der Waals surface area contributed by atoms with Gasteiger partial charge in [0.15, 0.2) is 5.76 Å². The monoisotopic (exact) mass is 253 g/mol. The second kappa shape index (κ2) is 5.12. The molecule has 0 saturated carbocycles. The van der Waals surface area contributed by atoms with Crippen LogP contribution in [0.5, 0.6) is 0 Å². The van der Waals surface area contributed by atoms with Gasteiger partial charge in [0, 0.05) is 12.3 Å². The summed E-state index contributed by atoms with van der Waals surface area (Å²) in [6, 6.07) is 0. The van der Waals surface area contributed by atoms with Gasteiger partial charge in [0.2, 0.25) is 0 Å². The number of carbonyl (C=O) groups is 1. The second-order valence-corrected chi connectivity index (χ2v) is 6.36. The van der Waals surface area contributed by atoms with Gasteiger partial charge in [0.05, 0.1) is 0 Å². The van der Waals surface area contributed by atoms with Crippen molar-refractivity contribution in [3.8, 4) is 0 Å². The van der Waals surface area contributed by atoms with E-state index in [0.717, 1.165) is 0 Å². The Morgan fingerprint density at radius 2 is 1.89 bits per heavy atom. The van der Waals surface area contributed by atoms with Gasteiger partial charge in [-0.2, -0.15) is 0 Å². The summed E-state index contributed by atoms with van der Waals surface area (Å²) < 4.78 is 5.25. The van der Waals surface area contributed by atoms with E-state index in [1.807, 2.05) is 20.8 Å². The maximum atomic E-state index is 11.4. The summed E-state index contributed by atoms with van der Waals surface area (Å²) in [4.78, 5) is 11.4. The van der Waals surface area contributed by atoms with Crippen molar-refractivity contribution in [1.82, 2.24) is 5.16 Å². The number of aromatic nitrogens is 1. The Balaban J connectivity index is 3.22. The third kappa shape index (κ3) is 3.12. The van der Waals surface area contributed by atoms with E-state index in [2.05, 4.69) is 25.9 Å². The summed E-state index contributed by atoms with van der Waals surface area (Å²) in [5.41, 5.74) is 0.771. The zero-order chi connectivity index (χ0) is 14.1. The molecule has 0 bridgehead atoms. The van der Waals surface area contributed by atoms with Crippen LogP contribution >= 0.6 is 0 Å². The van der Waals surface area contributed by atoms with Crippen molar-refractivity contribution in [3.05, 3.63) is 17.0 Å². The van der Waals surface area contributed by atoms with Crippen molar-refractivity contribution in [2.75, 3.05) is 0 Å². The maximum Gasteiger partial charge on any atom is 0.341 e. The molecule has 1 aromatic rings. The lowest BCUT2D eigenvalue weighted by Crippen LogP contribution is -2.18. The molecule has 0 aliphatic rings. The van der Waals surface area contributed by atoms with Crippen LogP contribution in [-0.2, 0) is 6.42 Å². The number of carboxylic acids is 1. The molecule has 0 saturated heterocycles. The fraction of sp³-hybridized carbons (Fsp3) is 0.714. The molecule has 1 N–H and O–H groups in total. The third-order valence-corrected chi connectivity index (χ3v) is 3.31. The van der Waals surface area contributed by atoms with Crippen LogP contribution in [0.3, 0.4) is 0 Å². The molecule has 0 fully saturated rings. The Bertz CT molecular complexity index is 427. The van der Waals surface area contributed by atoms with Crippen LogP contribution in [0.15, 0.2) is 4.52 Å². The standard InChI is InChI=1S/C14H23NO3/c1-8(2)7-10-11(13(16)17)12(15-18-10)9(3)14(4,5)6/h8-9H,7H2,1-6H3,(H,16,17). The second-order valence-electron chi connectivity index (χ2n) is 6.36. The van der Waals surface area contributed by atoms with Crippen molar-refractivity contribution >= 4 is 5.97 Å². The Kier molecular flexibility index (Phi) is 4.20. The van der Waals surface area contributed by atoms with E-state index in [9.17, 15) is 9.90 Å². The average Bonchev–Trinajstić information content (AvgIpc) is 2.57. The highest BCUT2D eigenvalue weighted by Crippen LogP contribution is 2.36. The molecule has 0 aliphatic carbocycles. The van der Waals surface area contributed by atoms with E-state index in [1.54, 1.807) is 0 Å². The fourth-order valence-electron chi connectivity index (χ4n) is 1.78. The van der Waals surface area contributed by atoms with Crippen LogP contribution in [0.2, 0.25) is 0 Å². The first-order valence-corrected chi connectivity index (χ1v) is 6.36. The zero-order valence-electron chi connectivity index (χ0n) is 12.1. The lowest BCUT2D eigenvalue weighted by atomic mass is 9.78. The molecule has 0 aliphatic heterocycles. The zero-order valence-corrected chi connectivity index (χ0v) is 12.1. The van der Waals surface area contributed by atoms with E-state index in [-0.39, 0.29) is 16.9 Å². The summed E-state index contributed by atoms with van der Waals surface area (Å²) in [5.74, 6) is -0.0799. The summed E-state index contributed by atoms with van der Waals surface area (Å²) in [5, 5.41) is 13.4. The average molecular weight is 253 g/mol. The first-order valence-electron chi connectivity index (χ1n) is 6.36. The van der Waals surface area contributed by atoms with E-state index < -0.39 is 5.97 Å². The summed E-state index contributed by atoms with van der Waals surface area (Å²) in [6.07, 6.45) is 0.603. The summed E-state index contributed by atoms with van der Waals surface area (Å²) >= 11 is 0. The van der Waals surface area contributed by atoms with Crippen molar-refractivity contribution in [3.63, 3.8) is 0 Å². The molecular weight excluding hydrogens is 230 g/mol.